The van der Waals surface area contributed by atoms with Crippen LogP contribution < -0.4 is 5.73 Å². The maximum Gasteiger partial charge on any atom is 0.280 e. The molecule has 4 nitrogen and oxygen atoms in total. The first-order valence-corrected chi connectivity index (χ1v) is 6.60. The summed E-state index contributed by atoms with van der Waals surface area (Å²) in [6.45, 7) is 4.30. The van der Waals surface area contributed by atoms with Crippen LogP contribution >= 0.6 is 0 Å². The molecular formula is C9H21NO3S. The van der Waals surface area contributed by atoms with E-state index in [4.69, 9.17) is 10.3 Å². The third-order valence-electron chi connectivity index (χ3n) is 2.52. The van der Waals surface area contributed by atoms with Crippen LogP contribution in [0.25, 0.3) is 0 Å². The smallest absolute Gasteiger partial charge is 0.280 e. The van der Waals surface area contributed by atoms with Crippen LogP contribution in [0.1, 0.15) is 46.0 Å². The van der Waals surface area contributed by atoms with Crippen molar-refractivity contribution in [3.8, 4) is 0 Å². The first-order valence-electron chi connectivity index (χ1n) is 5.09. The average molecular weight is 223 g/mol. The normalized spacial score (nSPS) is 16.6. The molecule has 0 fully saturated rings. The molecule has 0 aliphatic carbocycles. The Bertz CT molecular complexity index is 238. The van der Waals surface area contributed by atoms with E-state index in [1.807, 2.05) is 0 Å². The molecule has 0 aromatic heterocycles. The van der Waals surface area contributed by atoms with Crippen LogP contribution in [0.5, 0.6) is 0 Å². The second-order valence-electron chi connectivity index (χ2n) is 3.85. The van der Waals surface area contributed by atoms with E-state index in [2.05, 4.69) is 13.8 Å². The van der Waals surface area contributed by atoms with Gasteiger partial charge in [-0.2, -0.15) is 8.42 Å². The summed E-state index contributed by atoms with van der Waals surface area (Å²) in [5.41, 5.74) is 5.26. The largest absolute Gasteiger partial charge is 0.313 e. The van der Waals surface area contributed by atoms with Crippen LogP contribution in [-0.4, -0.2) is 18.3 Å². The number of hydrogen-bond acceptors (Lipinski definition) is 3. The topological polar surface area (TPSA) is 80.4 Å². The summed E-state index contributed by atoms with van der Waals surface area (Å²) in [5, 5.41) is -1.11. The molecule has 0 aliphatic rings. The van der Waals surface area contributed by atoms with E-state index in [0.717, 1.165) is 25.7 Å². The Hall–Kier alpha value is -0.130. The van der Waals surface area contributed by atoms with E-state index in [1.54, 1.807) is 0 Å². The third-order valence-corrected chi connectivity index (χ3v) is 3.52. The van der Waals surface area contributed by atoms with Crippen molar-refractivity contribution in [2.45, 2.75) is 51.3 Å². The van der Waals surface area contributed by atoms with Crippen molar-refractivity contribution >= 4 is 10.1 Å². The van der Waals surface area contributed by atoms with Crippen LogP contribution in [0.4, 0.5) is 0 Å². The fraction of sp³-hybridized carbons (Fsp3) is 1.00. The van der Waals surface area contributed by atoms with E-state index in [1.165, 1.54) is 0 Å². The van der Waals surface area contributed by atoms with Crippen LogP contribution in [0.3, 0.4) is 0 Å². The first-order chi connectivity index (χ1) is 6.38. The van der Waals surface area contributed by atoms with E-state index in [9.17, 15) is 8.42 Å². The van der Waals surface area contributed by atoms with Gasteiger partial charge in [0.25, 0.3) is 10.1 Å². The lowest BCUT2D eigenvalue weighted by Crippen LogP contribution is -2.29. The van der Waals surface area contributed by atoms with Crippen molar-refractivity contribution in [3.63, 3.8) is 0 Å². The molecular weight excluding hydrogens is 202 g/mol. The molecule has 5 heteroatoms. The van der Waals surface area contributed by atoms with Gasteiger partial charge in [0, 0.05) is 0 Å². The van der Waals surface area contributed by atoms with Gasteiger partial charge in [0.15, 0.2) is 0 Å². The second-order valence-corrected chi connectivity index (χ2v) is 5.49. The van der Waals surface area contributed by atoms with Gasteiger partial charge in [0.05, 0.1) is 0 Å². The fourth-order valence-corrected chi connectivity index (χ4v) is 1.66. The molecule has 2 atom stereocenters. The molecule has 0 rings (SSSR count). The highest BCUT2D eigenvalue weighted by molar-refractivity contribution is 7.86. The molecule has 2 unspecified atom stereocenters. The quantitative estimate of drug-likeness (QED) is 0.509. The molecule has 0 aromatic carbocycles. The predicted octanol–water partition coefficient (Wildman–Crippen LogP) is 1.77. The van der Waals surface area contributed by atoms with Crippen molar-refractivity contribution in [3.05, 3.63) is 0 Å². The van der Waals surface area contributed by atoms with Crippen molar-refractivity contribution in [2.24, 2.45) is 11.7 Å². The summed E-state index contributed by atoms with van der Waals surface area (Å²) in [6, 6.07) is 0. The minimum atomic E-state index is -4.03. The second kappa shape index (κ2) is 6.37. The Morgan fingerprint density at radius 1 is 1.29 bits per heavy atom. The molecule has 0 bridgehead atoms. The van der Waals surface area contributed by atoms with E-state index in [-0.39, 0.29) is 0 Å². The number of hydrogen-bond donors (Lipinski definition) is 2. The summed E-state index contributed by atoms with van der Waals surface area (Å²) in [6.07, 6.45) is 4.30. The van der Waals surface area contributed by atoms with Crippen LogP contribution in [-0.2, 0) is 10.1 Å². The van der Waals surface area contributed by atoms with Gasteiger partial charge in [0.1, 0.15) is 5.37 Å². The van der Waals surface area contributed by atoms with Crippen molar-refractivity contribution in [2.75, 3.05) is 0 Å². The lowest BCUT2D eigenvalue weighted by molar-refractivity contribution is 0.447. The molecule has 0 saturated heterocycles. The van der Waals surface area contributed by atoms with Crippen molar-refractivity contribution < 1.29 is 13.0 Å². The van der Waals surface area contributed by atoms with Gasteiger partial charge in [-0.05, 0) is 12.3 Å². The summed E-state index contributed by atoms with van der Waals surface area (Å²) in [5.74, 6) is 0.678. The highest BCUT2D eigenvalue weighted by Gasteiger charge is 2.16. The lowest BCUT2D eigenvalue weighted by Gasteiger charge is -2.10. The maximum atomic E-state index is 10.5. The monoisotopic (exact) mass is 223 g/mol. The molecule has 0 radical (unpaired) electrons. The van der Waals surface area contributed by atoms with Gasteiger partial charge >= 0.3 is 0 Å². The van der Waals surface area contributed by atoms with Gasteiger partial charge in [-0.15, -0.1) is 0 Å². The van der Waals surface area contributed by atoms with Gasteiger partial charge in [-0.1, -0.05) is 39.5 Å². The van der Waals surface area contributed by atoms with E-state index in [0.29, 0.717) is 12.3 Å². The lowest BCUT2D eigenvalue weighted by atomic mass is 10.0. The third kappa shape index (κ3) is 6.34. The fourth-order valence-electron chi connectivity index (χ4n) is 1.19. The van der Waals surface area contributed by atoms with Gasteiger partial charge in [0.2, 0.25) is 0 Å². The Morgan fingerprint density at radius 2 is 1.79 bits per heavy atom. The van der Waals surface area contributed by atoms with Crippen LogP contribution in [0.15, 0.2) is 0 Å². The Balaban J connectivity index is 3.56. The van der Waals surface area contributed by atoms with Crippen LogP contribution in [0, 0.1) is 5.92 Å². The highest BCUT2D eigenvalue weighted by atomic mass is 32.2. The molecule has 0 heterocycles. The minimum absolute atomic E-state index is 0.343. The zero-order valence-electron chi connectivity index (χ0n) is 8.94. The van der Waals surface area contributed by atoms with Crippen LogP contribution in [0.2, 0.25) is 0 Å². The van der Waals surface area contributed by atoms with Crippen molar-refractivity contribution in [1.29, 1.82) is 0 Å². The molecule has 0 saturated carbocycles. The summed E-state index contributed by atoms with van der Waals surface area (Å²) in [7, 11) is -4.03. The van der Waals surface area contributed by atoms with Gasteiger partial charge in [-0.25, -0.2) is 0 Å². The Labute approximate surface area is 86.6 Å². The summed E-state index contributed by atoms with van der Waals surface area (Å²) < 4.78 is 29.7. The van der Waals surface area contributed by atoms with E-state index >= 15 is 0 Å². The molecule has 0 amide bonds. The molecule has 0 aromatic rings. The molecule has 0 aliphatic heterocycles. The van der Waals surface area contributed by atoms with Crippen molar-refractivity contribution in [1.82, 2.24) is 0 Å². The number of unbranched alkanes of at least 4 members (excludes halogenated alkanes) is 1. The standard InChI is InChI=1S/C9H21NO3S/c1-3-8(2)6-4-5-7-9(10)14(11,12)13/h8-9H,3-7,10H2,1-2H3,(H,11,12,13). The molecule has 0 spiro atoms. The Morgan fingerprint density at radius 3 is 2.21 bits per heavy atom. The molecule has 3 N–H and O–H groups in total. The average Bonchev–Trinajstić information content (AvgIpc) is 2.09. The first kappa shape index (κ1) is 13.9. The Kier molecular flexibility index (Phi) is 6.31. The maximum absolute atomic E-state index is 10.5. The summed E-state index contributed by atoms with van der Waals surface area (Å²) in [4.78, 5) is 0. The molecule has 14 heavy (non-hydrogen) atoms. The number of rotatable bonds is 7. The zero-order chi connectivity index (χ0) is 11.2. The van der Waals surface area contributed by atoms with Gasteiger partial charge < -0.3 is 5.73 Å². The SMILES string of the molecule is CCC(C)CCCCC(N)S(=O)(=O)O. The number of nitrogens with two attached hydrogens (primary N) is 1. The zero-order valence-corrected chi connectivity index (χ0v) is 9.76. The molecule has 86 valence electrons. The highest BCUT2D eigenvalue weighted by Crippen LogP contribution is 2.13. The minimum Gasteiger partial charge on any atom is -0.313 e. The van der Waals surface area contributed by atoms with E-state index < -0.39 is 15.5 Å². The van der Waals surface area contributed by atoms with Gasteiger partial charge in [-0.3, -0.25) is 4.55 Å². The predicted molar refractivity (Wildman–Crippen MR) is 57.4 cm³/mol. The summed E-state index contributed by atoms with van der Waals surface area (Å²) >= 11 is 0.